The van der Waals surface area contributed by atoms with Crippen LogP contribution < -0.4 is 4.39 Å². The Morgan fingerprint density at radius 3 is 2.00 bits per heavy atom. The van der Waals surface area contributed by atoms with Gasteiger partial charge in [-0.15, -0.1) is 0 Å². The molecule has 0 aliphatic rings. The summed E-state index contributed by atoms with van der Waals surface area (Å²) in [7, 11) is 6.16. The van der Waals surface area contributed by atoms with Crippen molar-refractivity contribution in [3.63, 3.8) is 0 Å². The Morgan fingerprint density at radius 1 is 1.08 bits per heavy atom. The highest BCUT2D eigenvalue weighted by Crippen LogP contribution is 2.18. The van der Waals surface area contributed by atoms with Gasteiger partial charge in [0.1, 0.15) is 0 Å². The van der Waals surface area contributed by atoms with E-state index in [1.54, 1.807) is 0 Å². The Labute approximate surface area is 76.0 Å². The number of rotatable bonds is 3. The van der Waals surface area contributed by atoms with Crippen LogP contribution in [0.3, 0.4) is 0 Å². The monoisotopic (exact) mass is 160 g/mol. The molecule has 63 valence electrons. The Balaban J connectivity index is 2.95. The molecule has 1 nitrogen and oxygen atoms in total. The fourth-order valence-electron chi connectivity index (χ4n) is 1.31. The normalized spacial score (nSPS) is 11.6. The Kier molecular flexibility index (Phi) is 2.93. The first-order valence-electron chi connectivity index (χ1n) is 4.44. The summed E-state index contributed by atoms with van der Waals surface area (Å²) in [6.07, 6.45) is 0. The third-order valence-electron chi connectivity index (χ3n) is 2.40. The number of quaternary nitrogens is 1. The number of para-hydroxylation sites is 1. The molecule has 2 heteroatoms. The fourth-order valence-corrected chi connectivity index (χ4v) is 1.31. The third kappa shape index (κ3) is 1.70. The Bertz CT molecular complexity index is 229. The van der Waals surface area contributed by atoms with E-state index < -0.39 is 0 Å². The second-order valence-electron chi connectivity index (χ2n) is 3.00. The number of benzene rings is 1. The molecule has 0 aliphatic carbocycles. The van der Waals surface area contributed by atoms with E-state index >= 15 is 0 Å². The molecule has 0 fully saturated rings. The molecule has 0 heterocycles. The van der Waals surface area contributed by atoms with E-state index in [-0.39, 0.29) is 0 Å². The van der Waals surface area contributed by atoms with Crippen molar-refractivity contribution in [2.75, 3.05) is 13.1 Å². The molecule has 12 heavy (non-hydrogen) atoms. The first-order chi connectivity index (χ1) is 5.73. The maximum Gasteiger partial charge on any atom is 0.0815 e. The maximum atomic E-state index is 6.16. The summed E-state index contributed by atoms with van der Waals surface area (Å²) in [4.78, 5) is 0. The molecule has 0 bridgehead atoms. The molecule has 0 spiro atoms. The molecule has 0 amide bonds. The molecule has 0 saturated carbocycles. The highest BCUT2D eigenvalue weighted by molar-refractivity contribution is 6.13. The topological polar surface area (TPSA) is 0 Å². The minimum Gasteiger partial charge on any atom is -0.556 e. The second-order valence-corrected chi connectivity index (χ2v) is 3.00. The van der Waals surface area contributed by atoms with Gasteiger partial charge in [-0.3, -0.25) is 0 Å². The summed E-state index contributed by atoms with van der Waals surface area (Å²) in [6.45, 7) is 6.08. The summed E-state index contributed by atoms with van der Waals surface area (Å²) >= 11 is 0. The van der Waals surface area contributed by atoms with Crippen LogP contribution in [0.1, 0.15) is 13.8 Å². The molecule has 1 aromatic carbocycles. The molecule has 1 rings (SSSR count). The second kappa shape index (κ2) is 3.77. The molecule has 0 aliphatic heterocycles. The maximum absolute atomic E-state index is 6.16. The quantitative estimate of drug-likeness (QED) is 0.594. The van der Waals surface area contributed by atoms with E-state index in [4.69, 9.17) is 7.98 Å². The third-order valence-corrected chi connectivity index (χ3v) is 2.40. The Morgan fingerprint density at radius 2 is 1.58 bits per heavy atom. The molecule has 0 atom stereocenters. The number of hydrogen-bond acceptors (Lipinski definition) is 0. The molecular formula is C10H15BN. The zero-order valence-corrected chi connectivity index (χ0v) is 7.83. The van der Waals surface area contributed by atoms with E-state index in [9.17, 15) is 0 Å². The molecule has 0 N–H and O–H groups in total. The van der Waals surface area contributed by atoms with Gasteiger partial charge in [0.05, 0.1) is 5.69 Å². The van der Waals surface area contributed by atoms with Crippen LogP contribution >= 0.6 is 0 Å². The van der Waals surface area contributed by atoms with Gasteiger partial charge in [-0.25, -0.2) is 7.98 Å². The van der Waals surface area contributed by atoms with Crippen molar-refractivity contribution >= 4 is 13.7 Å². The number of hydrogen-bond donors (Lipinski definition) is 0. The lowest BCUT2D eigenvalue weighted by atomic mass is 10.1. The van der Waals surface area contributed by atoms with Crippen LogP contribution in [-0.2, 0) is 0 Å². The minimum absolute atomic E-state index is 0.529. The summed E-state index contributed by atoms with van der Waals surface area (Å²) in [5, 5.41) is 0. The van der Waals surface area contributed by atoms with Crippen LogP contribution in [0, 0.1) is 0 Å². The SMILES string of the molecule is [B-][N+](CC)(CC)c1ccccc1. The van der Waals surface area contributed by atoms with Gasteiger partial charge in [0.2, 0.25) is 0 Å². The van der Waals surface area contributed by atoms with Gasteiger partial charge in [-0.1, -0.05) is 18.2 Å². The fraction of sp³-hybridized carbons (Fsp3) is 0.400. The van der Waals surface area contributed by atoms with Crippen molar-refractivity contribution in [3.05, 3.63) is 30.3 Å². The van der Waals surface area contributed by atoms with Gasteiger partial charge < -0.3 is 4.39 Å². The van der Waals surface area contributed by atoms with Crippen molar-refractivity contribution in [2.24, 2.45) is 0 Å². The van der Waals surface area contributed by atoms with Crippen molar-refractivity contribution in [1.29, 1.82) is 0 Å². The summed E-state index contributed by atoms with van der Waals surface area (Å²) in [6, 6.07) is 10.2. The highest BCUT2D eigenvalue weighted by Gasteiger charge is 2.06. The van der Waals surface area contributed by atoms with Gasteiger partial charge in [0, 0.05) is 13.1 Å². The van der Waals surface area contributed by atoms with Gasteiger partial charge in [-0.05, 0) is 26.0 Å². The molecule has 0 saturated heterocycles. The minimum atomic E-state index is 0.529. The molecule has 1 aromatic rings. The van der Waals surface area contributed by atoms with Crippen LogP contribution in [0.2, 0.25) is 0 Å². The molecular weight excluding hydrogens is 145 g/mol. The predicted molar refractivity (Wildman–Crippen MR) is 55.1 cm³/mol. The lowest BCUT2D eigenvalue weighted by Gasteiger charge is -2.47. The van der Waals surface area contributed by atoms with Gasteiger partial charge in [0.15, 0.2) is 0 Å². The zero-order chi connectivity index (χ0) is 9.03. The van der Waals surface area contributed by atoms with Crippen molar-refractivity contribution < 1.29 is 0 Å². The Hall–Kier alpha value is -0.755. The predicted octanol–water partition coefficient (Wildman–Crippen LogP) is 2.12. The average Bonchev–Trinajstić information content (AvgIpc) is 2.18. The largest absolute Gasteiger partial charge is 0.556 e. The molecule has 0 unspecified atom stereocenters. The van der Waals surface area contributed by atoms with Crippen molar-refractivity contribution in [2.45, 2.75) is 13.8 Å². The number of nitrogens with zero attached hydrogens (tertiary/aromatic N) is 1. The summed E-state index contributed by atoms with van der Waals surface area (Å²) < 4.78 is 0.529. The standard InChI is InChI=1S/C10H15BN/c1-3-12(11,4-2)10-8-6-5-7-9-10/h5-9H,3-4H2,1-2H3. The van der Waals surface area contributed by atoms with Crippen LogP contribution in [0.5, 0.6) is 0 Å². The van der Waals surface area contributed by atoms with E-state index in [0.29, 0.717) is 4.39 Å². The molecule has 0 aromatic heterocycles. The van der Waals surface area contributed by atoms with E-state index in [1.165, 1.54) is 5.69 Å². The van der Waals surface area contributed by atoms with Crippen molar-refractivity contribution in [1.82, 2.24) is 4.39 Å². The summed E-state index contributed by atoms with van der Waals surface area (Å²) in [5.74, 6) is 0. The van der Waals surface area contributed by atoms with Gasteiger partial charge in [0.25, 0.3) is 0 Å². The van der Waals surface area contributed by atoms with Gasteiger partial charge in [-0.2, -0.15) is 0 Å². The van der Waals surface area contributed by atoms with Crippen LogP contribution in [0.25, 0.3) is 0 Å². The van der Waals surface area contributed by atoms with Crippen LogP contribution in [0.15, 0.2) is 30.3 Å². The smallest absolute Gasteiger partial charge is 0.0815 e. The highest BCUT2D eigenvalue weighted by atomic mass is 15.3. The lowest BCUT2D eigenvalue weighted by Crippen LogP contribution is -2.46. The van der Waals surface area contributed by atoms with E-state index in [2.05, 4.69) is 26.0 Å². The van der Waals surface area contributed by atoms with Crippen molar-refractivity contribution in [3.8, 4) is 0 Å². The lowest BCUT2D eigenvalue weighted by molar-refractivity contribution is 0.489. The summed E-state index contributed by atoms with van der Waals surface area (Å²) in [5.41, 5.74) is 1.18. The first-order valence-corrected chi connectivity index (χ1v) is 4.44. The average molecular weight is 160 g/mol. The zero-order valence-electron chi connectivity index (χ0n) is 7.83. The molecule has 3 radical (unpaired) electrons. The van der Waals surface area contributed by atoms with Gasteiger partial charge >= 0.3 is 0 Å². The van der Waals surface area contributed by atoms with Crippen LogP contribution in [0.4, 0.5) is 5.69 Å². The van der Waals surface area contributed by atoms with E-state index in [0.717, 1.165) is 13.1 Å². The first kappa shape index (κ1) is 9.33. The van der Waals surface area contributed by atoms with E-state index in [1.807, 2.05) is 18.2 Å². The van der Waals surface area contributed by atoms with Crippen LogP contribution in [-0.4, -0.2) is 21.1 Å².